The van der Waals surface area contributed by atoms with E-state index in [0.29, 0.717) is 22.7 Å². The molecule has 116 valence electrons. The number of hydrogen-bond acceptors (Lipinski definition) is 5. The van der Waals surface area contributed by atoms with Gasteiger partial charge in [-0.3, -0.25) is 9.59 Å². The second-order valence-electron chi connectivity index (χ2n) is 5.52. The van der Waals surface area contributed by atoms with Crippen molar-refractivity contribution in [2.75, 3.05) is 11.9 Å². The highest BCUT2D eigenvalue weighted by Crippen LogP contribution is 2.40. The number of carbonyl (C=O) groups excluding carboxylic acids is 2. The van der Waals surface area contributed by atoms with E-state index < -0.39 is 17.9 Å². The van der Waals surface area contributed by atoms with E-state index >= 15 is 0 Å². The van der Waals surface area contributed by atoms with Gasteiger partial charge in [0.25, 0.3) is 0 Å². The summed E-state index contributed by atoms with van der Waals surface area (Å²) in [6, 6.07) is 4.58. The van der Waals surface area contributed by atoms with Gasteiger partial charge < -0.3 is 20.2 Å². The predicted octanol–water partition coefficient (Wildman–Crippen LogP) is 1.14. The van der Waals surface area contributed by atoms with E-state index in [1.165, 1.54) is 0 Å². The number of rotatable bonds is 4. The van der Waals surface area contributed by atoms with Crippen molar-refractivity contribution >= 4 is 28.6 Å². The number of nitrogens with one attached hydrogen (secondary N) is 2. The Morgan fingerprint density at radius 3 is 2.86 bits per heavy atom. The molecule has 1 heterocycles. The minimum Gasteiger partial charge on any atom is -0.440 e. The van der Waals surface area contributed by atoms with Gasteiger partial charge in [0, 0.05) is 17.6 Å². The van der Waals surface area contributed by atoms with Crippen LogP contribution in [0.25, 0.3) is 11.1 Å². The first-order valence-corrected chi connectivity index (χ1v) is 7.20. The highest BCUT2D eigenvalue weighted by Gasteiger charge is 2.29. The van der Waals surface area contributed by atoms with Gasteiger partial charge in [0.2, 0.25) is 0 Å². The molecule has 1 fully saturated rings. The van der Waals surface area contributed by atoms with Gasteiger partial charge in [-0.2, -0.15) is 0 Å². The molecule has 3 rings (SSSR count). The molecular formula is C15H17N3O4. The smallest absolute Gasteiger partial charge is 0.313 e. The summed E-state index contributed by atoms with van der Waals surface area (Å²) in [5.41, 5.74) is 1.79. The summed E-state index contributed by atoms with van der Waals surface area (Å²) >= 11 is 0. The zero-order chi connectivity index (χ0) is 15.7. The number of hydrogen-bond donors (Lipinski definition) is 3. The number of fused-ring (bicyclic) bond motifs is 1. The molecule has 1 aliphatic carbocycles. The molecule has 0 bridgehead atoms. The number of anilines is 1. The molecule has 1 aromatic carbocycles. The molecule has 1 saturated carbocycles. The first-order valence-electron chi connectivity index (χ1n) is 7.20. The van der Waals surface area contributed by atoms with Gasteiger partial charge in [0.05, 0.1) is 6.61 Å². The van der Waals surface area contributed by atoms with Crippen LogP contribution in [0.2, 0.25) is 0 Å². The fourth-order valence-corrected chi connectivity index (χ4v) is 2.05. The SMILES string of the molecule is CC(CO)NC(=O)C(=O)Nc1ccc2oc(C3CC3)nc2c1. The van der Waals surface area contributed by atoms with Gasteiger partial charge in [-0.05, 0) is 38.0 Å². The summed E-state index contributed by atoms with van der Waals surface area (Å²) < 4.78 is 5.64. The average Bonchev–Trinajstić information content (AvgIpc) is 3.26. The molecule has 0 radical (unpaired) electrons. The molecule has 1 aromatic heterocycles. The maximum atomic E-state index is 11.8. The van der Waals surface area contributed by atoms with E-state index in [2.05, 4.69) is 15.6 Å². The normalized spacial score (nSPS) is 15.5. The van der Waals surface area contributed by atoms with Gasteiger partial charge in [0.15, 0.2) is 11.5 Å². The first kappa shape index (κ1) is 14.5. The van der Waals surface area contributed by atoms with E-state index in [1.807, 2.05) is 0 Å². The molecule has 1 unspecified atom stereocenters. The largest absolute Gasteiger partial charge is 0.440 e. The lowest BCUT2D eigenvalue weighted by molar-refractivity contribution is -0.136. The molecule has 0 spiro atoms. The minimum absolute atomic E-state index is 0.228. The molecule has 1 aliphatic rings. The van der Waals surface area contributed by atoms with Crippen molar-refractivity contribution in [1.82, 2.24) is 10.3 Å². The molecule has 1 atom stereocenters. The zero-order valence-electron chi connectivity index (χ0n) is 12.1. The van der Waals surface area contributed by atoms with E-state index in [4.69, 9.17) is 9.52 Å². The minimum atomic E-state index is -0.791. The number of aliphatic hydroxyl groups is 1. The summed E-state index contributed by atoms with van der Waals surface area (Å²) in [6.45, 7) is 1.37. The van der Waals surface area contributed by atoms with Crippen molar-refractivity contribution in [1.29, 1.82) is 0 Å². The number of aliphatic hydroxyl groups excluding tert-OH is 1. The van der Waals surface area contributed by atoms with Crippen LogP contribution in [0.5, 0.6) is 0 Å². The van der Waals surface area contributed by atoms with Gasteiger partial charge in [-0.15, -0.1) is 0 Å². The maximum absolute atomic E-state index is 11.8. The standard InChI is InChI=1S/C15H17N3O4/c1-8(7-19)16-13(20)14(21)17-10-4-5-12-11(6-10)18-15(22-12)9-2-3-9/h4-6,8-9,19H,2-3,7H2,1H3,(H,16,20)(H,17,21). The van der Waals surface area contributed by atoms with Crippen LogP contribution >= 0.6 is 0 Å². The number of aromatic nitrogens is 1. The van der Waals surface area contributed by atoms with Crippen LogP contribution in [-0.2, 0) is 9.59 Å². The number of benzene rings is 1. The summed E-state index contributed by atoms with van der Waals surface area (Å²) in [6.07, 6.45) is 2.19. The second kappa shape index (κ2) is 5.76. The van der Waals surface area contributed by atoms with E-state index in [0.717, 1.165) is 18.7 Å². The molecule has 2 amide bonds. The highest BCUT2D eigenvalue weighted by molar-refractivity contribution is 6.39. The van der Waals surface area contributed by atoms with Crippen molar-refractivity contribution in [3.63, 3.8) is 0 Å². The molecule has 7 heteroatoms. The van der Waals surface area contributed by atoms with Crippen LogP contribution in [0, 0.1) is 0 Å². The number of nitrogens with zero attached hydrogens (tertiary/aromatic N) is 1. The molecular weight excluding hydrogens is 286 g/mol. The lowest BCUT2D eigenvalue weighted by Crippen LogP contribution is -2.42. The molecule has 22 heavy (non-hydrogen) atoms. The third kappa shape index (κ3) is 3.09. The number of oxazole rings is 1. The third-order valence-corrected chi connectivity index (χ3v) is 3.45. The molecule has 2 aromatic rings. The van der Waals surface area contributed by atoms with Crippen molar-refractivity contribution in [3.8, 4) is 0 Å². The highest BCUT2D eigenvalue weighted by atomic mass is 16.3. The quantitative estimate of drug-likeness (QED) is 0.735. The van der Waals surface area contributed by atoms with Crippen LogP contribution in [0.15, 0.2) is 22.6 Å². The fourth-order valence-electron chi connectivity index (χ4n) is 2.05. The van der Waals surface area contributed by atoms with Gasteiger partial charge in [-0.1, -0.05) is 0 Å². The Morgan fingerprint density at radius 2 is 2.18 bits per heavy atom. The summed E-state index contributed by atoms with van der Waals surface area (Å²) in [4.78, 5) is 27.8. The topological polar surface area (TPSA) is 104 Å². The molecule has 3 N–H and O–H groups in total. The summed E-state index contributed by atoms with van der Waals surface area (Å²) in [7, 11) is 0. The third-order valence-electron chi connectivity index (χ3n) is 3.45. The lowest BCUT2D eigenvalue weighted by atomic mass is 10.3. The first-order chi connectivity index (χ1) is 10.6. The Labute approximate surface area is 126 Å². The van der Waals surface area contributed by atoms with Gasteiger partial charge >= 0.3 is 11.8 Å². The number of amides is 2. The summed E-state index contributed by atoms with van der Waals surface area (Å²) in [5, 5.41) is 13.7. The summed E-state index contributed by atoms with van der Waals surface area (Å²) in [5.74, 6) is -0.435. The van der Waals surface area contributed by atoms with Gasteiger partial charge in [-0.25, -0.2) is 4.98 Å². The van der Waals surface area contributed by atoms with Crippen LogP contribution in [0.3, 0.4) is 0 Å². The van der Waals surface area contributed by atoms with Crippen LogP contribution < -0.4 is 10.6 Å². The number of carbonyl (C=O) groups is 2. The lowest BCUT2D eigenvalue weighted by Gasteiger charge is -2.10. The van der Waals surface area contributed by atoms with Crippen molar-refractivity contribution in [3.05, 3.63) is 24.1 Å². The predicted molar refractivity (Wildman–Crippen MR) is 79.3 cm³/mol. The van der Waals surface area contributed by atoms with E-state index in [1.54, 1.807) is 25.1 Å². The zero-order valence-corrected chi connectivity index (χ0v) is 12.1. The average molecular weight is 303 g/mol. The Hall–Kier alpha value is -2.41. The van der Waals surface area contributed by atoms with Crippen LogP contribution in [0.1, 0.15) is 31.6 Å². The van der Waals surface area contributed by atoms with Gasteiger partial charge in [0.1, 0.15) is 5.52 Å². The van der Waals surface area contributed by atoms with E-state index in [-0.39, 0.29) is 6.61 Å². The molecule has 0 saturated heterocycles. The fraction of sp³-hybridized carbons (Fsp3) is 0.400. The maximum Gasteiger partial charge on any atom is 0.313 e. The molecule has 7 nitrogen and oxygen atoms in total. The van der Waals surface area contributed by atoms with Crippen molar-refractivity contribution in [2.24, 2.45) is 0 Å². The second-order valence-corrected chi connectivity index (χ2v) is 5.52. The Morgan fingerprint density at radius 1 is 1.41 bits per heavy atom. The Kier molecular flexibility index (Phi) is 3.81. The Balaban J connectivity index is 1.70. The molecule has 0 aliphatic heterocycles. The Bertz CT molecular complexity index is 721. The van der Waals surface area contributed by atoms with Crippen LogP contribution in [0.4, 0.5) is 5.69 Å². The van der Waals surface area contributed by atoms with Crippen molar-refractivity contribution in [2.45, 2.75) is 31.7 Å². The monoisotopic (exact) mass is 303 g/mol. The van der Waals surface area contributed by atoms with E-state index in [9.17, 15) is 9.59 Å². The van der Waals surface area contributed by atoms with Crippen LogP contribution in [-0.4, -0.2) is 34.6 Å². The van der Waals surface area contributed by atoms with Crippen molar-refractivity contribution < 1.29 is 19.1 Å².